The first-order valence-corrected chi connectivity index (χ1v) is 11.4. The number of allylic oxidation sites excluding steroid dienone is 1. The molecule has 2 aromatic carbocycles. The normalized spacial score (nSPS) is 15.5. The zero-order chi connectivity index (χ0) is 22.9. The van der Waals surface area contributed by atoms with Gasteiger partial charge in [0.1, 0.15) is 11.8 Å². The van der Waals surface area contributed by atoms with Crippen LogP contribution in [-0.2, 0) is 14.3 Å². The first-order valence-electron chi connectivity index (χ1n) is 10.4. The highest BCUT2D eigenvalue weighted by molar-refractivity contribution is 8.14. The fraction of sp³-hybridized carbons (Fsp3) is 0.292. The van der Waals surface area contributed by atoms with Gasteiger partial charge < -0.3 is 20.1 Å². The third-order valence-corrected chi connectivity index (χ3v) is 5.51. The fourth-order valence-electron chi connectivity index (χ4n) is 3.20. The Hall–Kier alpha value is -3.26. The van der Waals surface area contributed by atoms with E-state index in [2.05, 4.69) is 10.6 Å². The van der Waals surface area contributed by atoms with Crippen molar-refractivity contribution in [2.45, 2.75) is 26.8 Å². The molecular weight excluding hydrogens is 426 g/mol. The van der Waals surface area contributed by atoms with E-state index in [4.69, 9.17) is 14.5 Å². The van der Waals surface area contributed by atoms with Gasteiger partial charge in [0.25, 0.3) is 0 Å². The number of amidine groups is 1. The molecule has 0 fully saturated rings. The van der Waals surface area contributed by atoms with Gasteiger partial charge in [-0.3, -0.25) is 4.79 Å². The number of carbonyl (C=O) groups excluding carboxylic acids is 2. The van der Waals surface area contributed by atoms with E-state index in [-0.39, 0.29) is 18.3 Å². The van der Waals surface area contributed by atoms with Crippen LogP contribution in [0.3, 0.4) is 0 Å². The van der Waals surface area contributed by atoms with E-state index in [9.17, 15) is 9.59 Å². The van der Waals surface area contributed by atoms with Crippen LogP contribution in [0.15, 0.2) is 70.9 Å². The monoisotopic (exact) mass is 453 g/mol. The summed E-state index contributed by atoms with van der Waals surface area (Å²) in [4.78, 5) is 29.7. The maximum atomic E-state index is 12.7. The molecule has 1 aliphatic heterocycles. The summed E-state index contributed by atoms with van der Waals surface area (Å²) in [7, 11) is 0. The molecule has 1 atom stereocenters. The molecule has 1 heterocycles. The van der Waals surface area contributed by atoms with Gasteiger partial charge in [0.15, 0.2) is 5.17 Å². The molecule has 0 unspecified atom stereocenters. The Morgan fingerprint density at radius 3 is 2.44 bits per heavy atom. The number of para-hydroxylation sites is 1. The summed E-state index contributed by atoms with van der Waals surface area (Å²) in [5.74, 6) is 0.380. The van der Waals surface area contributed by atoms with E-state index < -0.39 is 12.0 Å². The number of ether oxygens (including phenoxy) is 2. The lowest BCUT2D eigenvalue weighted by Crippen LogP contribution is -2.31. The van der Waals surface area contributed by atoms with Crippen LogP contribution in [-0.4, -0.2) is 36.0 Å². The highest BCUT2D eigenvalue weighted by atomic mass is 32.2. The predicted octanol–water partition coefficient (Wildman–Crippen LogP) is 4.29. The third kappa shape index (κ3) is 6.13. The number of anilines is 1. The van der Waals surface area contributed by atoms with Gasteiger partial charge >= 0.3 is 5.97 Å². The third-order valence-electron chi connectivity index (χ3n) is 4.62. The average molecular weight is 454 g/mol. The van der Waals surface area contributed by atoms with Crippen molar-refractivity contribution < 1.29 is 19.1 Å². The van der Waals surface area contributed by atoms with Crippen molar-refractivity contribution >= 4 is 34.5 Å². The van der Waals surface area contributed by atoms with Crippen LogP contribution in [0.2, 0.25) is 0 Å². The lowest BCUT2D eigenvalue weighted by atomic mass is 9.96. The molecule has 168 valence electrons. The number of carbonyl (C=O) groups is 2. The minimum Gasteiger partial charge on any atom is -0.494 e. The van der Waals surface area contributed by atoms with Crippen LogP contribution in [0.1, 0.15) is 32.4 Å². The van der Waals surface area contributed by atoms with E-state index >= 15 is 0 Å². The summed E-state index contributed by atoms with van der Waals surface area (Å²) in [6.07, 6.45) is 0. The van der Waals surface area contributed by atoms with Gasteiger partial charge in [-0.25, -0.2) is 9.79 Å². The average Bonchev–Trinajstić information content (AvgIpc) is 2.79. The smallest absolute Gasteiger partial charge is 0.338 e. The maximum absolute atomic E-state index is 12.7. The Kier molecular flexibility index (Phi) is 8.33. The summed E-state index contributed by atoms with van der Waals surface area (Å²) >= 11 is 1.28. The van der Waals surface area contributed by atoms with Crippen LogP contribution in [0.5, 0.6) is 5.75 Å². The van der Waals surface area contributed by atoms with Crippen LogP contribution < -0.4 is 15.4 Å². The lowest BCUT2D eigenvalue weighted by Gasteiger charge is -2.25. The second-order valence-electron chi connectivity index (χ2n) is 6.93. The number of esters is 1. The van der Waals surface area contributed by atoms with Gasteiger partial charge in [0.05, 0.1) is 24.5 Å². The molecule has 2 N–H and O–H groups in total. The van der Waals surface area contributed by atoms with Gasteiger partial charge in [-0.05, 0) is 50.6 Å². The summed E-state index contributed by atoms with van der Waals surface area (Å²) in [5.41, 5.74) is 2.69. The molecule has 0 saturated heterocycles. The first-order chi connectivity index (χ1) is 15.5. The standard InChI is InChI=1S/C24H27N3O4S/c1-4-30-19-13-11-17(12-14-19)22-21(23(29)31-5-2)16(3)25-24(27-22)32-15-20(28)26-18-9-7-6-8-10-18/h6-14,22H,4-5,15H2,1-3H3,(H,25,27)(H,26,28)/t22-/m0/s1. The first kappa shape index (κ1) is 23.4. The summed E-state index contributed by atoms with van der Waals surface area (Å²) < 4.78 is 10.8. The molecule has 1 amide bonds. The molecular formula is C24H27N3O4S. The number of hydrogen-bond acceptors (Lipinski definition) is 7. The number of aliphatic imine (C=N–C) groups is 1. The summed E-state index contributed by atoms with van der Waals surface area (Å²) in [6, 6.07) is 16.2. The lowest BCUT2D eigenvalue weighted by molar-refractivity contribution is -0.139. The zero-order valence-electron chi connectivity index (χ0n) is 18.4. The second-order valence-corrected chi connectivity index (χ2v) is 7.89. The van der Waals surface area contributed by atoms with Gasteiger partial charge in [-0.15, -0.1) is 0 Å². The maximum Gasteiger partial charge on any atom is 0.338 e. The van der Waals surface area contributed by atoms with E-state index in [1.54, 1.807) is 6.92 Å². The SMILES string of the molecule is CCOC(=O)C1=C(C)NC(SCC(=O)Nc2ccccc2)=N[C@H]1c1ccc(OCC)cc1. The number of amides is 1. The highest BCUT2D eigenvalue weighted by Crippen LogP contribution is 2.33. The summed E-state index contributed by atoms with van der Waals surface area (Å²) in [5, 5.41) is 6.57. The second kappa shape index (κ2) is 11.4. The van der Waals surface area contributed by atoms with Crippen molar-refractivity contribution in [3.05, 3.63) is 71.4 Å². The largest absolute Gasteiger partial charge is 0.494 e. The highest BCUT2D eigenvalue weighted by Gasteiger charge is 2.30. The fourth-order valence-corrected chi connectivity index (χ4v) is 3.95. The summed E-state index contributed by atoms with van der Waals surface area (Å²) in [6.45, 7) is 6.35. The number of hydrogen-bond donors (Lipinski definition) is 2. The zero-order valence-corrected chi connectivity index (χ0v) is 19.2. The van der Waals surface area contributed by atoms with E-state index in [0.29, 0.717) is 23.0 Å². The van der Waals surface area contributed by atoms with Crippen molar-refractivity contribution in [2.75, 3.05) is 24.3 Å². The molecule has 0 saturated carbocycles. The topological polar surface area (TPSA) is 89.0 Å². The predicted molar refractivity (Wildman–Crippen MR) is 128 cm³/mol. The van der Waals surface area contributed by atoms with Gasteiger partial charge in [0, 0.05) is 11.4 Å². The van der Waals surface area contributed by atoms with Crippen molar-refractivity contribution in [1.29, 1.82) is 0 Å². The molecule has 0 spiro atoms. The molecule has 1 aliphatic rings. The molecule has 0 aromatic heterocycles. The Morgan fingerprint density at radius 1 is 1.06 bits per heavy atom. The van der Waals surface area contributed by atoms with Crippen molar-refractivity contribution in [3.8, 4) is 5.75 Å². The van der Waals surface area contributed by atoms with E-state index in [0.717, 1.165) is 17.0 Å². The molecule has 3 rings (SSSR count). The number of nitrogens with one attached hydrogen (secondary N) is 2. The molecule has 7 nitrogen and oxygen atoms in total. The number of rotatable bonds is 8. The van der Waals surface area contributed by atoms with Gasteiger partial charge in [-0.2, -0.15) is 0 Å². The molecule has 0 radical (unpaired) electrons. The van der Waals surface area contributed by atoms with Crippen LogP contribution in [0.25, 0.3) is 0 Å². The van der Waals surface area contributed by atoms with Gasteiger partial charge in [-0.1, -0.05) is 42.1 Å². The molecule has 32 heavy (non-hydrogen) atoms. The van der Waals surface area contributed by atoms with E-state index in [1.807, 2.05) is 68.4 Å². The Labute approximate surface area is 192 Å². The molecule has 8 heteroatoms. The number of thioether (sulfide) groups is 1. The minimum atomic E-state index is -0.536. The van der Waals surface area contributed by atoms with E-state index in [1.165, 1.54) is 11.8 Å². The number of benzene rings is 2. The van der Waals surface area contributed by atoms with Crippen LogP contribution in [0.4, 0.5) is 5.69 Å². The van der Waals surface area contributed by atoms with Crippen molar-refractivity contribution in [1.82, 2.24) is 5.32 Å². The Balaban J connectivity index is 1.77. The Morgan fingerprint density at radius 2 is 1.78 bits per heavy atom. The molecule has 2 aromatic rings. The van der Waals surface area contributed by atoms with Crippen molar-refractivity contribution in [2.24, 2.45) is 4.99 Å². The van der Waals surface area contributed by atoms with Crippen molar-refractivity contribution in [3.63, 3.8) is 0 Å². The number of nitrogens with zero attached hydrogens (tertiary/aromatic N) is 1. The van der Waals surface area contributed by atoms with Gasteiger partial charge in [0.2, 0.25) is 5.91 Å². The Bertz CT molecular complexity index is 1000. The van der Waals surface area contributed by atoms with Crippen LogP contribution in [0, 0.1) is 0 Å². The van der Waals surface area contributed by atoms with Crippen LogP contribution >= 0.6 is 11.8 Å². The quantitative estimate of drug-likeness (QED) is 0.580. The minimum absolute atomic E-state index is 0.138. The molecule has 0 aliphatic carbocycles. The molecule has 0 bridgehead atoms.